The highest BCUT2D eigenvalue weighted by molar-refractivity contribution is 5.36. The van der Waals surface area contributed by atoms with Crippen molar-refractivity contribution >= 4 is 0 Å². The van der Waals surface area contributed by atoms with Gasteiger partial charge < -0.3 is 10.4 Å². The third-order valence-electron chi connectivity index (χ3n) is 3.91. The van der Waals surface area contributed by atoms with Crippen molar-refractivity contribution in [1.82, 2.24) is 5.32 Å². The lowest BCUT2D eigenvalue weighted by Crippen LogP contribution is -2.54. The van der Waals surface area contributed by atoms with E-state index in [1.165, 1.54) is 0 Å². The number of aliphatic hydroxyl groups is 1. The second kappa shape index (κ2) is 5.51. The molecular weight excluding hydrogens is 224 g/mol. The van der Waals surface area contributed by atoms with Crippen LogP contribution >= 0.6 is 0 Å². The Morgan fingerprint density at radius 2 is 2.11 bits per heavy atom. The molecule has 0 aromatic heterocycles. The fraction of sp³-hybridized carbons (Fsp3) is 0.533. The molecule has 0 spiro atoms. The standard InChI is InChI=1S/C15H20N2O/c1-2-13(10-18)17-14-8-15(9-14,11-16)12-6-4-3-5-7-12/h3-7,13-14,17-18H,2,8-10H2,1H3. The zero-order valence-electron chi connectivity index (χ0n) is 10.8. The summed E-state index contributed by atoms with van der Waals surface area (Å²) in [5, 5.41) is 22.0. The molecule has 1 aliphatic rings. The highest BCUT2D eigenvalue weighted by Crippen LogP contribution is 2.43. The molecule has 1 aromatic rings. The molecule has 0 amide bonds. The Kier molecular flexibility index (Phi) is 4.00. The minimum Gasteiger partial charge on any atom is -0.395 e. The first kappa shape index (κ1) is 13.1. The summed E-state index contributed by atoms with van der Waals surface area (Å²) in [4.78, 5) is 0. The summed E-state index contributed by atoms with van der Waals surface area (Å²) in [7, 11) is 0. The molecule has 96 valence electrons. The molecule has 3 nitrogen and oxygen atoms in total. The van der Waals surface area contributed by atoms with Crippen LogP contribution in [0.3, 0.4) is 0 Å². The van der Waals surface area contributed by atoms with Crippen molar-refractivity contribution in [3.05, 3.63) is 35.9 Å². The molecule has 18 heavy (non-hydrogen) atoms. The molecular formula is C15H20N2O. The molecule has 0 radical (unpaired) electrons. The molecule has 1 aliphatic carbocycles. The molecule has 1 saturated carbocycles. The Balaban J connectivity index is 1.99. The summed E-state index contributed by atoms with van der Waals surface area (Å²) in [6.45, 7) is 2.22. The summed E-state index contributed by atoms with van der Waals surface area (Å²) < 4.78 is 0. The number of hydrogen-bond donors (Lipinski definition) is 2. The third-order valence-corrected chi connectivity index (χ3v) is 3.91. The Morgan fingerprint density at radius 3 is 2.61 bits per heavy atom. The van der Waals surface area contributed by atoms with Gasteiger partial charge in [0.05, 0.1) is 18.1 Å². The number of hydrogen-bond acceptors (Lipinski definition) is 3. The van der Waals surface area contributed by atoms with Gasteiger partial charge in [-0.25, -0.2) is 0 Å². The van der Waals surface area contributed by atoms with Crippen LogP contribution in [-0.4, -0.2) is 23.8 Å². The summed E-state index contributed by atoms with van der Waals surface area (Å²) in [6, 6.07) is 13.0. The van der Waals surface area contributed by atoms with Crippen LogP contribution in [0.2, 0.25) is 0 Å². The van der Waals surface area contributed by atoms with E-state index in [-0.39, 0.29) is 18.1 Å². The van der Waals surface area contributed by atoms with E-state index in [4.69, 9.17) is 0 Å². The Labute approximate surface area is 108 Å². The first-order valence-electron chi connectivity index (χ1n) is 6.58. The van der Waals surface area contributed by atoms with Gasteiger partial charge in [0.2, 0.25) is 0 Å². The summed E-state index contributed by atoms with van der Waals surface area (Å²) in [5.41, 5.74) is 0.787. The fourth-order valence-corrected chi connectivity index (χ4v) is 2.68. The molecule has 1 unspecified atom stereocenters. The van der Waals surface area contributed by atoms with Gasteiger partial charge in [-0.3, -0.25) is 0 Å². The van der Waals surface area contributed by atoms with Crippen molar-refractivity contribution in [1.29, 1.82) is 5.26 Å². The van der Waals surface area contributed by atoms with Crippen LogP contribution in [0.5, 0.6) is 0 Å². The third kappa shape index (κ3) is 2.40. The minimum absolute atomic E-state index is 0.155. The molecule has 0 aliphatic heterocycles. The van der Waals surface area contributed by atoms with Crippen molar-refractivity contribution in [3.8, 4) is 6.07 Å². The number of rotatable bonds is 5. The van der Waals surface area contributed by atoms with Gasteiger partial charge >= 0.3 is 0 Å². The lowest BCUT2D eigenvalue weighted by atomic mass is 9.62. The Morgan fingerprint density at radius 1 is 1.44 bits per heavy atom. The van der Waals surface area contributed by atoms with Crippen molar-refractivity contribution in [3.63, 3.8) is 0 Å². The Hall–Kier alpha value is -1.37. The van der Waals surface area contributed by atoms with E-state index >= 15 is 0 Å². The maximum absolute atomic E-state index is 9.43. The summed E-state index contributed by atoms with van der Waals surface area (Å²) in [5.74, 6) is 0. The first-order chi connectivity index (χ1) is 8.74. The van der Waals surface area contributed by atoms with E-state index in [1.807, 2.05) is 30.3 Å². The van der Waals surface area contributed by atoms with Gasteiger partial charge in [-0.15, -0.1) is 0 Å². The highest BCUT2D eigenvalue weighted by Gasteiger charge is 2.46. The van der Waals surface area contributed by atoms with Crippen LogP contribution in [0.25, 0.3) is 0 Å². The molecule has 2 N–H and O–H groups in total. The second-order valence-electron chi connectivity index (χ2n) is 5.12. The second-order valence-corrected chi connectivity index (χ2v) is 5.12. The predicted molar refractivity (Wildman–Crippen MR) is 71.1 cm³/mol. The van der Waals surface area contributed by atoms with Gasteiger partial charge in [0.25, 0.3) is 0 Å². The SMILES string of the molecule is CCC(CO)NC1CC(C#N)(c2ccccc2)C1. The van der Waals surface area contributed by atoms with Crippen LogP contribution in [0.1, 0.15) is 31.7 Å². The maximum Gasteiger partial charge on any atom is 0.0852 e. The molecule has 1 atom stereocenters. The topological polar surface area (TPSA) is 56.0 Å². The number of nitrogens with zero attached hydrogens (tertiary/aromatic N) is 1. The number of nitriles is 1. The van der Waals surface area contributed by atoms with Crippen molar-refractivity contribution < 1.29 is 5.11 Å². The molecule has 0 saturated heterocycles. The zero-order chi connectivity index (χ0) is 13.0. The molecule has 0 heterocycles. The van der Waals surface area contributed by atoms with E-state index < -0.39 is 0 Å². The normalized spacial score (nSPS) is 28.2. The van der Waals surface area contributed by atoms with E-state index in [9.17, 15) is 10.4 Å². The number of benzene rings is 1. The van der Waals surface area contributed by atoms with Crippen LogP contribution in [-0.2, 0) is 5.41 Å². The molecule has 1 aromatic carbocycles. The quantitative estimate of drug-likeness (QED) is 0.832. The number of aliphatic hydroxyl groups excluding tert-OH is 1. The van der Waals surface area contributed by atoms with E-state index in [2.05, 4.69) is 18.3 Å². The van der Waals surface area contributed by atoms with Crippen molar-refractivity contribution in [2.45, 2.75) is 43.7 Å². The monoisotopic (exact) mass is 244 g/mol. The number of nitrogens with one attached hydrogen (secondary N) is 1. The molecule has 2 rings (SSSR count). The van der Waals surface area contributed by atoms with Gasteiger partial charge in [-0.05, 0) is 24.8 Å². The van der Waals surface area contributed by atoms with Gasteiger partial charge in [0.1, 0.15) is 0 Å². The zero-order valence-corrected chi connectivity index (χ0v) is 10.8. The fourth-order valence-electron chi connectivity index (χ4n) is 2.68. The predicted octanol–water partition coefficient (Wildman–Crippen LogP) is 1.97. The molecule has 3 heteroatoms. The van der Waals surface area contributed by atoms with E-state index in [0.717, 1.165) is 24.8 Å². The maximum atomic E-state index is 9.43. The molecule has 1 fully saturated rings. The largest absolute Gasteiger partial charge is 0.395 e. The van der Waals surface area contributed by atoms with Crippen LogP contribution in [0.15, 0.2) is 30.3 Å². The first-order valence-corrected chi connectivity index (χ1v) is 6.58. The van der Waals surface area contributed by atoms with Gasteiger partial charge in [0.15, 0.2) is 0 Å². The summed E-state index contributed by atoms with van der Waals surface area (Å²) in [6.07, 6.45) is 2.59. The van der Waals surface area contributed by atoms with Crippen LogP contribution < -0.4 is 5.32 Å². The van der Waals surface area contributed by atoms with Crippen LogP contribution in [0.4, 0.5) is 0 Å². The molecule has 0 bridgehead atoms. The van der Waals surface area contributed by atoms with Gasteiger partial charge in [-0.1, -0.05) is 37.3 Å². The Bertz CT molecular complexity index is 414. The minimum atomic E-state index is -0.327. The average molecular weight is 244 g/mol. The van der Waals surface area contributed by atoms with Crippen LogP contribution in [0, 0.1) is 11.3 Å². The van der Waals surface area contributed by atoms with E-state index in [0.29, 0.717) is 6.04 Å². The van der Waals surface area contributed by atoms with Gasteiger partial charge in [0, 0.05) is 12.1 Å². The lowest BCUT2D eigenvalue weighted by molar-refractivity contribution is 0.168. The highest BCUT2D eigenvalue weighted by atomic mass is 16.3. The lowest BCUT2D eigenvalue weighted by Gasteiger charge is -2.44. The van der Waals surface area contributed by atoms with Crippen molar-refractivity contribution in [2.75, 3.05) is 6.61 Å². The van der Waals surface area contributed by atoms with E-state index in [1.54, 1.807) is 0 Å². The smallest absolute Gasteiger partial charge is 0.0852 e. The average Bonchev–Trinajstić information content (AvgIpc) is 2.39. The summed E-state index contributed by atoms with van der Waals surface area (Å²) >= 11 is 0. The van der Waals surface area contributed by atoms with Gasteiger partial charge in [-0.2, -0.15) is 5.26 Å². The van der Waals surface area contributed by atoms with Crippen molar-refractivity contribution in [2.24, 2.45) is 0 Å².